The lowest BCUT2D eigenvalue weighted by Gasteiger charge is -2.26. The predicted molar refractivity (Wildman–Crippen MR) is 77.6 cm³/mol. The highest BCUT2D eigenvalue weighted by Gasteiger charge is 2.29. The van der Waals surface area contributed by atoms with Gasteiger partial charge in [0, 0.05) is 12.1 Å². The molecule has 2 aromatic rings. The van der Waals surface area contributed by atoms with E-state index in [1.165, 1.54) is 18.4 Å². The molecule has 0 saturated heterocycles. The Balaban J connectivity index is 2.07. The van der Waals surface area contributed by atoms with Crippen molar-refractivity contribution in [2.75, 3.05) is 12.0 Å². The highest BCUT2D eigenvalue weighted by Crippen LogP contribution is 2.40. The van der Waals surface area contributed by atoms with Gasteiger partial charge in [0.15, 0.2) is 0 Å². The highest BCUT2D eigenvalue weighted by atomic mass is 32.1. The fourth-order valence-electron chi connectivity index (χ4n) is 2.29. The van der Waals surface area contributed by atoms with Crippen LogP contribution in [0.2, 0.25) is 0 Å². The summed E-state index contributed by atoms with van der Waals surface area (Å²) in [7, 11) is 1.36. The number of carbonyl (C=O) groups excluding carboxylic acids is 2. The van der Waals surface area contributed by atoms with E-state index in [1.807, 2.05) is 36.4 Å². The molecule has 0 unspecified atom stereocenters. The third-order valence-electron chi connectivity index (χ3n) is 3.25. The van der Waals surface area contributed by atoms with Crippen LogP contribution in [0.15, 0.2) is 36.4 Å². The SMILES string of the molecule is COC(=O)c1cc2c(s1)N(c1ccccc1)C(=O)CC2. The molecular weight excluding hydrogens is 274 g/mol. The fraction of sp³-hybridized carbons (Fsp3) is 0.200. The molecular formula is C15H13NO3S. The second kappa shape index (κ2) is 5.09. The van der Waals surface area contributed by atoms with Crippen molar-refractivity contribution in [2.45, 2.75) is 12.8 Å². The first-order valence-electron chi connectivity index (χ1n) is 6.29. The Morgan fingerprint density at radius 3 is 2.70 bits per heavy atom. The number of thiophene rings is 1. The quantitative estimate of drug-likeness (QED) is 0.797. The number of hydrogen-bond donors (Lipinski definition) is 0. The first-order valence-corrected chi connectivity index (χ1v) is 7.11. The van der Waals surface area contributed by atoms with Crippen LogP contribution in [-0.2, 0) is 16.0 Å². The van der Waals surface area contributed by atoms with Crippen LogP contribution < -0.4 is 4.90 Å². The number of benzene rings is 1. The first-order chi connectivity index (χ1) is 9.70. The van der Waals surface area contributed by atoms with Crippen molar-refractivity contribution in [1.29, 1.82) is 0 Å². The standard InChI is InChI=1S/C15H13NO3S/c1-19-15(18)12-9-10-7-8-13(17)16(14(10)20-12)11-5-3-2-4-6-11/h2-6,9H,7-8H2,1H3. The lowest BCUT2D eigenvalue weighted by Crippen LogP contribution is -2.29. The molecule has 0 N–H and O–H groups in total. The maximum absolute atomic E-state index is 12.2. The molecule has 0 aliphatic carbocycles. The van der Waals surface area contributed by atoms with Crippen molar-refractivity contribution < 1.29 is 14.3 Å². The van der Waals surface area contributed by atoms with Crippen molar-refractivity contribution in [3.8, 4) is 0 Å². The molecule has 1 aliphatic rings. The van der Waals surface area contributed by atoms with Gasteiger partial charge in [-0.25, -0.2) is 4.79 Å². The number of rotatable bonds is 2. The van der Waals surface area contributed by atoms with Crippen LogP contribution in [0.1, 0.15) is 21.7 Å². The summed E-state index contributed by atoms with van der Waals surface area (Å²) in [5.41, 5.74) is 1.86. The number of esters is 1. The zero-order chi connectivity index (χ0) is 14.1. The molecule has 1 aromatic heterocycles. The Bertz CT molecular complexity index is 663. The normalized spacial score (nSPS) is 14.1. The van der Waals surface area contributed by atoms with Gasteiger partial charge >= 0.3 is 5.97 Å². The minimum absolute atomic E-state index is 0.0574. The van der Waals surface area contributed by atoms with Crippen LogP contribution in [0.25, 0.3) is 0 Å². The van der Waals surface area contributed by atoms with Crippen molar-refractivity contribution in [3.05, 3.63) is 46.8 Å². The van der Waals surface area contributed by atoms with E-state index in [-0.39, 0.29) is 11.9 Å². The number of amides is 1. The van der Waals surface area contributed by atoms with Crippen LogP contribution in [0.3, 0.4) is 0 Å². The van der Waals surface area contributed by atoms with Gasteiger partial charge in [-0.15, -0.1) is 11.3 Å². The highest BCUT2D eigenvalue weighted by molar-refractivity contribution is 7.18. The number of nitrogens with zero attached hydrogens (tertiary/aromatic N) is 1. The molecule has 1 amide bonds. The molecule has 0 fully saturated rings. The second-order valence-corrected chi connectivity index (χ2v) is 5.53. The number of fused-ring (bicyclic) bond motifs is 1. The lowest BCUT2D eigenvalue weighted by atomic mass is 10.1. The minimum Gasteiger partial charge on any atom is -0.465 e. The summed E-state index contributed by atoms with van der Waals surface area (Å²) in [6.07, 6.45) is 1.13. The molecule has 0 saturated carbocycles. The molecule has 1 aliphatic heterocycles. The Morgan fingerprint density at radius 1 is 1.25 bits per heavy atom. The molecule has 2 heterocycles. The predicted octanol–water partition coefficient (Wildman–Crippen LogP) is 3.15. The summed E-state index contributed by atoms with van der Waals surface area (Å²) in [4.78, 5) is 26.1. The molecule has 1 aromatic carbocycles. The second-order valence-electron chi connectivity index (χ2n) is 4.50. The van der Waals surface area contributed by atoms with E-state index in [0.717, 1.165) is 16.3 Å². The number of ether oxygens (including phenoxy) is 1. The smallest absolute Gasteiger partial charge is 0.348 e. The number of hydrogen-bond acceptors (Lipinski definition) is 4. The van der Waals surface area contributed by atoms with E-state index in [4.69, 9.17) is 4.74 Å². The molecule has 5 heteroatoms. The average molecular weight is 287 g/mol. The monoisotopic (exact) mass is 287 g/mol. The molecule has 102 valence electrons. The summed E-state index contributed by atoms with van der Waals surface area (Å²) in [6, 6.07) is 11.3. The van der Waals surface area contributed by atoms with Gasteiger partial charge in [0.25, 0.3) is 0 Å². The van der Waals surface area contributed by atoms with Crippen LogP contribution in [0, 0.1) is 0 Å². The van der Waals surface area contributed by atoms with Crippen molar-refractivity contribution >= 4 is 33.9 Å². The summed E-state index contributed by atoms with van der Waals surface area (Å²) < 4.78 is 4.75. The molecule has 0 atom stereocenters. The summed E-state index contributed by atoms with van der Waals surface area (Å²) in [5.74, 6) is -0.299. The van der Waals surface area contributed by atoms with Gasteiger partial charge in [-0.05, 0) is 30.2 Å². The lowest BCUT2D eigenvalue weighted by molar-refractivity contribution is -0.118. The van der Waals surface area contributed by atoms with E-state index in [2.05, 4.69) is 0 Å². The number of anilines is 2. The van der Waals surface area contributed by atoms with E-state index in [0.29, 0.717) is 17.7 Å². The van der Waals surface area contributed by atoms with Gasteiger partial charge in [0.2, 0.25) is 5.91 Å². The zero-order valence-electron chi connectivity index (χ0n) is 11.0. The Hall–Kier alpha value is -2.14. The van der Waals surface area contributed by atoms with Crippen LogP contribution in [0.5, 0.6) is 0 Å². The maximum atomic E-state index is 12.2. The average Bonchev–Trinajstić information content (AvgIpc) is 2.91. The fourth-order valence-corrected chi connectivity index (χ4v) is 3.46. The van der Waals surface area contributed by atoms with E-state index < -0.39 is 0 Å². The van der Waals surface area contributed by atoms with Gasteiger partial charge in [0.1, 0.15) is 9.88 Å². The Labute approximate surface area is 120 Å². The molecule has 0 radical (unpaired) electrons. The van der Waals surface area contributed by atoms with Gasteiger partial charge in [-0.3, -0.25) is 9.69 Å². The molecule has 20 heavy (non-hydrogen) atoms. The zero-order valence-corrected chi connectivity index (χ0v) is 11.8. The van der Waals surface area contributed by atoms with E-state index in [1.54, 1.807) is 4.90 Å². The Morgan fingerprint density at radius 2 is 2.00 bits per heavy atom. The van der Waals surface area contributed by atoms with E-state index in [9.17, 15) is 9.59 Å². The van der Waals surface area contributed by atoms with Gasteiger partial charge < -0.3 is 4.74 Å². The van der Waals surface area contributed by atoms with E-state index >= 15 is 0 Å². The number of aryl methyl sites for hydroxylation is 1. The van der Waals surface area contributed by atoms with Crippen molar-refractivity contribution in [1.82, 2.24) is 0 Å². The number of methoxy groups -OCH3 is 1. The first kappa shape index (κ1) is 12.9. The van der Waals surface area contributed by atoms with Gasteiger partial charge in [0.05, 0.1) is 7.11 Å². The Kier molecular flexibility index (Phi) is 3.28. The largest absolute Gasteiger partial charge is 0.465 e. The summed E-state index contributed by atoms with van der Waals surface area (Å²) >= 11 is 1.31. The number of para-hydroxylation sites is 1. The van der Waals surface area contributed by atoms with Gasteiger partial charge in [-0.2, -0.15) is 0 Å². The van der Waals surface area contributed by atoms with Gasteiger partial charge in [-0.1, -0.05) is 18.2 Å². The maximum Gasteiger partial charge on any atom is 0.348 e. The molecule has 0 spiro atoms. The van der Waals surface area contributed by atoms with Crippen molar-refractivity contribution in [3.63, 3.8) is 0 Å². The number of carbonyl (C=O) groups is 2. The molecule has 3 rings (SSSR count). The van der Waals surface area contributed by atoms with Crippen LogP contribution in [-0.4, -0.2) is 19.0 Å². The topological polar surface area (TPSA) is 46.6 Å². The minimum atomic E-state index is -0.357. The summed E-state index contributed by atoms with van der Waals surface area (Å²) in [6.45, 7) is 0. The van der Waals surface area contributed by atoms with Crippen LogP contribution in [0.4, 0.5) is 10.7 Å². The third kappa shape index (κ3) is 2.10. The molecule has 4 nitrogen and oxygen atoms in total. The van der Waals surface area contributed by atoms with Crippen molar-refractivity contribution in [2.24, 2.45) is 0 Å². The third-order valence-corrected chi connectivity index (χ3v) is 4.39. The molecule has 0 bridgehead atoms. The summed E-state index contributed by atoms with van der Waals surface area (Å²) in [5, 5.41) is 0.827. The van der Waals surface area contributed by atoms with Crippen LogP contribution >= 0.6 is 11.3 Å².